The average Bonchev–Trinajstić information content (AvgIpc) is 2.65. The van der Waals surface area contributed by atoms with Crippen LogP contribution in [-0.4, -0.2) is 33.2 Å². The molecule has 0 bridgehead atoms. The van der Waals surface area contributed by atoms with Crippen LogP contribution in [-0.2, 0) is 0 Å². The van der Waals surface area contributed by atoms with Gasteiger partial charge in [0.15, 0.2) is 17.6 Å². The van der Waals surface area contributed by atoms with Crippen LogP contribution in [0.2, 0.25) is 0 Å². The van der Waals surface area contributed by atoms with Crippen molar-refractivity contribution in [3.8, 4) is 23.0 Å². The maximum absolute atomic E-state index is 13.0. The van der Waals surface area contributed by atoms with Gasteiger partial charge in [-0.3, -0.25) is 4.79 Å². The molecule has 0 saturated carbocycles. The van der Waals surface area contributed by atoms with E-state index in [9.17, 15) is 4.79 Å². The van der Waals surface area contributed by atoms with Crippen LogP contribution in [0.4, 0.5) is 5.69 Å². The Hall–Kier alpha value is -2.89. The van der Waals surface area contributed by atoms with E-state index in [2.05, 4.69) is 0 Å². The third-order valence-corrected chi connectivity index (χ3v) is 3.82. The molecule has 0 heterocycles. The lowest BCUT2D eigenvalue weighted by molar-refractivity contribution is 0.0784. The van der Waals surface area contributed by atoms with E-state index in [1.807, 2.05) is 13.0 Å². The predicted molar refractivity (Wildman–Crippen MR) is 96.0 cm³/mol. The summed E-state index contributed by atoms with van der Waals surface area (Å²) in [5.74, 6) is 1.42. The lowest BCUT2D eigenvalue weighted by Gasteiger charge is -2.20. The first-order valence-electron chi connectivity index (χ1n) is 7.91. The van der Waals surface area contributed by atoms with Crippen LogP contribution in [0, 0.1) is 0 Å². The molecule has 0 aliphatic heterocycles. The molecule has 134 valence electrons. The van der Waals surface area contributed by atoms with Crippen LogP contribution < -0.4 is 24.7 Å². The van der Waals surface area contributed by atoms with Crippen molar-refractivity contribution < 1.29 is 23.7 Å². The Morgan fingerprint density at radius 2 is 1.64 bits per heavy atom. The van der Waals surface area contributed by atoms with E-state index in [4.69, 9.17) is 24.7 Å². The molecule has 6 heteroatoms. The van der Waals surface area contributed by atoms with E-state index >= 15 is 0 Å². The first kappa shape index (κ1) is 18.4. The number of ether oxygens (including phenoxy) is 4. The number of Topliss-reactive ketones (excluding diaryl/α,β-unsaturated/α-hetero) is 1. The molecule has 0 fully saturated rings. The van der Waals surface area contributed by atoms with Crippen LogP contribution in [0.15, 0.2) is 36.4 Å². The van der Waals surface area contributed by atoms with E-state index in [1.54, 1.807) is 30.3 Å². The number of hydrogen-bond donors (Lipinski definition) is 1. The van der Waals surface area contributed by atoms with Gasteiger partial charge in [-0.25, -0.2) is 0 Å². The van der Waals surface area contributed by atoms with Crippen molar-refractivity contribution in [2.24, 2.45) is 0 Å². The smallest absolute Gasteiger partial charge is 0.207 e. The number of carbonyl (C=O) groups is 1. The molecule has 1 atom stereocenters. The Morgan fingerprint density at radius 3 is 2.20 bits per heavy atom. The summed E-state index contributed by atoms with van der Waals surface area (Å²) >= 11 is 0. The number of hydrogen-bond acceptors (Lipinski definition) is 6. The fourth-order valence-electron chi connectivity index (χ4n) is 2.53. The number of rotatable bonds is 8. The maximum atomic E-state index is 13.0. The summed E-state index contributed by atoms with van der Waals surface area (Å²) in [6.07, 6.45) is -0.221. The fourth-order valence-corrected chi connectivity index (χ4v) is 2.53. The third kappa shape index (κ3) is 3.79. The highest BCUT2D eigenvalue weighted by atomic mass is 16.5. The second-order valence-electron chi connectivity index (χ2n) is 5.30. The Bertz CT molecular complexity index is 745. The van der Waals surface area contributed by atoms with Gasteiger partial charge < -0.3 is 24.7 Å². The molecule has 2 rings (SSSR count). The number of anilines is 1. The van der Waals surface area contributed by atoms with E-state index in [1.165, 1.54) is 21.3 Å². The molecule has 0 amide bonds. The van der Waals surface area contributed by atoms with Gasteiger partial charge in [0.25, 0.3) is 0 Å². The molecule has 0 radical (unpaired) electrons. The first-order chi connectivity index (χ1) is 12.1. The van der Waals surface area contributed by atoms with Gasteiger partial charge >= 0.3 is 0 Å². The summed E-state index contributed by atoms with van der Waals surface area (Å²) < 4.78 is 21.8. The van der Waals surface area contributed by atoms with Crippen LogP contribution in [0.1, 0.15) is 23.7 Å². The summed E-state index contributed by atoms with van der Waals surface area (Å²) in [5, 5.41) is 0. The number of methoxy groups -OCH3 is 3. The monoisotopic (exact) mass is 345 g/mol. The average molecular weight is 345 g/mol. The van der Waals surface area contributed by atoms with Crippen molar-refractivity contribution in [3.63, 3.8) is 0 Å². The highest BCUT2D eigenvalue weighted by molar-refractivity contribution is 6.03. The fraction of sp³-hybridized carbons (Fsp3) is 0.316. The number of benzene rings is 2. The number of ketones is 1. The van der Waals surface area contributed by atoms with E-state index < -0.39 is 6.10 Å². The molecule has 25 heavy (non-hydrogen) atoms. The van der Waals surface area contributed by atoms with Gasteiger partial charge in [0, 0.05) is 0 Å². The minimum atomic E-state index is -0.697. The molecule has 2 aromatic carbocycles. The van der Waals surface area contributed by atoms with Crippen LogP contribution >= 0.6 is 0 Å². The maximum Gasteiger partial charge on any atom is 0.207 e. The number of para-hydroxylation sites is 2. The molecule has 2 aromatic rings. The summed E-state index contributed by atoms with van der Waals surface area (Å²) in [5.41, 5.74) is 6.75. The van der Waals surface area contributed by atoms with Crippen molar-refractivity contribution >= 4 is 11.5 Å². The molecule has 1 unspecified atom stereocenters. The molecular formula is C19H23NO5. The lowest BCUT2D eigenvalue weighted by Crippen LogP contribution is -2.27. The minimum absolute atomic E-state index is 0.219. The van der Waals surface area contributed by atoms with Crippen LogP contribution in [0.3, 0.4) is 0 Å². The zero-order chi connectivity index (χ0) is 18.4. The van der Waals surface area contributed by atoms with Crippen molar-refractivity contribution in [2.45, 2.75) is 19.4 Å². The normalized spacial score (nSPS) is 11.5. The molecule has 0 aliphatic carbocycles. The Morgan fingerprint density at radius 1 is 0.960 bits per heavy atom. The van der Waals surface area contributed by atoms with Gasteiger partial charge in [0.2, 0.25) is 11.5 Å². The molecule has 0 aromatic heterocycles. The molecule has 0 saturated heterocycles. The second-order valence-corrected chi connectivity index (χ2v) is 5.30. The lowest BCUT2D eigenvalue weighted by atomic mass is 10.0. The minimum Gasteiger partial charge on any atom is -0.493 e. The van der Waals surface area contributed by atoms with E-state index in [0.717, 1.165) is 0 Å². The quantitative estimate of drug-likeness (QED) is 0.584. The summed E-state index contributed by atoms with van der Waals surface area (Å²) in [4.78, 5) is 13.0. The standard InChI is InChI=1S/C19H23NO5/c1-5-14(25-15-9-7-6-8-13(15)20)17(21)12-10-11-16(22-2)19(24-4)18(12)23-3/h6-11,14H,5,20H2,1-4H3. The highest BCUT2D eigenvalue weighted by Gasteiger charge is 2.27. The Balaban J connectivity index is 2.39. The zero-order valence-corrected chi connectivity index (χ0v) is 14.9. The second kappa shape index (κ2) is 8.28. The number of carbonyl (C=O) groups excluding carboxylic acids is 1. The Labute approximate surface area is 147 Å². The van der Waals surface area contributed by atoms with E-state index in [0.29, 0.717) is 40.7 Å². The Kier molecular flexibility index (Phi) is 6.11. The van der Waals surface area contributed by atoms with Crippen molar-refractivity contribution in [3.05, 3.63) is 42.0 Å². The largest absolute Gasteiger partial charge is 0.493 e. The van der Waals surface area contributed by atoms with Crippen molar-refractivity contribution in [1.29, 1.82) is 0 Å². The summed E-state index contributed by atoms with van der Waals surface area (Å²) in [7, 11) is 4.49. The van der Waals surface area contributed by atoms with Crippen molar-refractivity contribution in [2.75, 3.05) is 27.1 Å². The van der Waals surface area contributed by atoms with Gasteiger partial charge in [-0.15, -0.1) is 0 Å². The zero-order valence-electron chi connectivity index (χ0n) is 14.9. The third-order valence-electron chi connectivity index (χ3n) is 3.82. The molecule has 0 spiro atoms. The topological polar surface area (TPSA) is 80.0 Å². The van der Waals surface area contributed by atoms with Gasteiger partial charge in [0.05, 0.1) is 32.6 Å². The summed E-state index contributed by atoms with van der Waals surface area (Å²) in [6, 6.07) is 10.4. The predicted octanol–water partition coefficient (Wildman–Crippen LogP) is 3.33. The number of nitrogen functional groups attached to an aromatic ring is 1. The molecule has 0 aliphatic rings. The van der Waals surface area contributed by atoms with Crippen LogP contribution in [0.5, 0.6) is 23.0 Å². The van der Waals surface area contributed by atoms with Crippen LogP contribution in [0.25, 0.3) is 0 Å². The summed E-state index contributed by atoms with van der Waals surface area (Å²) in [6.45, 7) is 1.87. The van der Waals surface area contributed by atoms with Gasteiger partial charge in [-0.05, 0) is 30.7 Å². The van der Waals surface area contributed by atoms with E-state index in [-0.39, 0.29) is 5.78 Å². The van der Waals surface area contributed by atoms with Crippen molar-refractivity contribution in [1.82, 2.24) is 0 Å². The van der Waals surface area contributed by atoms with Gasteiger partial charge in [-0.1, -0.05) is 19.1 Å². The molecule has 6 nitrogen and oxygen atoms in total. The van der Waals surface area contributed by atoms with Gasteiger partial charge in [-0.2, -0.15) is 0 Å². The SMILES string of the molecule is CCC(Oc1ccccc1N)C(=O)c1ccc(OC)c(OC)c1OC. The highest BCUT2D eigenvalue weighted by Crippen LogP contribution is 2.40. The molecule has 2 N–H and O–H groups in total. The first-order valence-corrected chi connectivity index (χ1v) is 7.91. The molecular weight excluding hydrogens is 322 g/mol. The number of nitrogens with two attached hydrogens (primary N) is 1. The van der Waals surface area contributed by atoms with Gasteiger partial charge in [0.1, 0.15) is 5.75 Å².